The van der Waals surface area contributed by atoms with Crippen molar-refractivity contribution in [1.82, 2.24) is 10.6 Å². The van der Waals surface area contributed by atoms with Crippen LogP contribution in [0.4, 0.5) is 18.0 Å². The molecule has 1 aromatic carbocycles. The van der Waals surface area contributed by atoms with Gasteiger partial charge in [-0.25, -0.2) is 4.79 Å². The van der Waals surface area contributed by atoms with E-state index in [9.17, 15) is 18.0 Å². The molecule has 4 aliphatic rings. The van der Waals surface area contributed by atoms with Gasteiger partial charge in [0.2, 0.25) is 0 Å². The monoisotopic (exact) mass is 368 g/mol. The number of carbonyl (C=O) groups is 1. The van der Waals surface area contributed by atoms with E-state index in [-0.39, 0.29) is 24.4 Å². The molecular formula is C19H23F3N2O2. The number of ether oxygens (including phenoxy) is 1. The maximum atomic E-state index is 12.5. The summed E-state index contributed by atoms with van der Waals surface area (Å²) in [5.41, 5.74) is 0.296. The van der Waals surface area contributed by atoms with Crippen LogP contribution in [0.15, 0.2) is 24.3 Å². The zero-order valence-electron chi connectivity index (χ0n) is 14.4. The number of urea groups is 1. The van der Waals surface area contributed by atoms with Crippen molar-refractivity contribution in [2.75, 3.05) is 0 Å². The van der Waals surface area contributed by atoms with Crippen LogP contribution >= 0.6 is 0 Å². The average molecular weight is 368 g/mol. The van der Waals surface area contributed by atoms with E-state index < -0.39 is 6.36 Å². The lowest BCUT2D eigenvalue weighted by Gasteiger charge is -2.54. The Morgan fingerprint density at radius 3 is 2.27 bits per heavy atom. The van der Waals surface area contributed by atoms with Gasteiger partial charge in [-0.1, -0.05) is 18.2 Å². The van der Waals surface area contributed by atoms with Crippen molar-refractivity contribution in [3.05, 3.63) is 29.8 Å². The fourth-order valence-corrected chi connectivity index (χ4v) is 5.41. The summed E-state index contributed by atoms with van der Waals surface area (Å²) in [4.78, 5) is 12.3. The Bertz CT molecular complexity index is 649. The molecule has 1 aromatic rings. The molecule has 26 heavy (non-hydrogen) atoms. The highest BCUT2D eigenvalue weighted by Crippen LogP contribution is 2.53. The standard InChI is InChI=1S/C19H23F3N2O2/c20-19(21,22)26-16-4-2-1-3-13(16)10-23-18(25)24-17-14-6-11-5-12(8-14)9-15(17)7-11/h1-4,11-12,14-15,17H,5-10H2,(H2,23,24,25). The first-order chi connectivity index (χ1) is 12.4. The summed E-state index contributed by atoms with van der Waals surface area (Å²) in [5, 5.41) is 5.77. The number of amides is 2. The maximum Gasteiger partial charge on any atom is 0.573 e. The molecule has 0 aliphatic heterocycles. The van der Waals surface area contributed by atoms with Crippen molar-refractivity contribution < 1.29 is 22.7 Å². The highest BCUT2D eigenvalue weighted by atomic mass is 19.4. The predicted molar refractivity (Wildman–Crippen MR) is 89.3 cm³/mol. The minimum absolute atomic E-state index is 0.00854. The van der Waals surface area contributed by atoms with E-state index >= 15 is 0 Å². The van der Waals surface area contributed by atoms with Gasteiger partial charge in [0.1, 0.15) is 5.75 Å². The SMILES string of the molecule is O=C(NCc1ccccc1OC(F)(F)F)NC1C2CC3CC(C2)CC1C3. The van der Waals surface area contributed by atoms with E-state index in [4.69, 9.17) is 0 Å². The van der Waals surface area contributed by atoms with Gasteiger partial charge >= 0.3 is 12.4 Å². The summed E-state index contributed by atoms with van der Waals surface area (Å²) in [6, 6.07) is 5.74. The number of para-hydroxylation sites is 1. The number of hydrogen-bond donors (Lipinski definition) is 2. The third-order valence-corrected chi connectivity index (χ3v) is 6.16. The molecule has 0 atom stereocenters. The Morgan fingerprint density at radius 2 is 1.65 bits per heavy atom. The zero-order chi connectivity index (χ0) is 18.3. The lowest BCUT2D eigenvalue weighted by atomic mass is 9.54. The van der Waals surface area contributed by atoms with Crippen LogP contribution in [0.2, 0.25) is 0 Å². The normalized spacial score (nSPS) is 32.3. The first-order valence-corrected chi connectivity index (χ1v) is 9.25. The summed E-state index contributed by atoms with van der Waals surface area (Å²) in [6.45, 7) is -0.00854. The molecule has 0 unspecified atom stereocenters. The smallest absolute Gasteiger partial charge is 0.405 e. The second-order valence-corrected chi connectivity index (χ2v) is 7.94. The average Bonchev–Trinajstić information content (AvgIpc) is 2.55. The number of hydrogen-bond acceptors (Lipinski definition) is 2. The van der Waals surface area contributed by atoms with Crippen molar-refractivity contribution >= 4 is 6.03 Å². The lowest BCUT2D eigenvalue weighted by molar-refractivity contribution is -0.274. The summed E-state index contributed by atoms with van der Waals surface area (Å²) in [7, 11) is 0. The van der Waals surface area contributed by atoms with Crippen LogP contribution in [0.5, 0.6) is 5.75 Å². The Kier molecular flexibility index (Phi) is 4.49. The number of halogens is 3. The third kappa shape index (κ3) is 3.76. The van der Waals surface area contributed by atoms with Gasteiger partial charge in [0.25, 0.3) is 0 Å². The van der Waals surface area contributed by atoms with E-state index in [1.165, 1.54) is 50.3 Å². The van der Waals surface area contributed by atoms with Gasteiger partial charge in [-0.15, -0.1) is 13.2 Å². The molecule has 7 heteroatoms. The van der Waals surface area contributed by atoms with Gasteiger partial charge in [0, 0.05) is 18.2 Å². The van der Waals surface area contributed by atoms with E-state index in [2.05, 4.69) is 15.4 Å². The zero-order valence-corrected chi connectivity index (χ0v) is 14.4. The van der Waals surface area contributed by atoms with Gasteiger partial charge in [0.05, 0.1) is 0 Å². The Hall–Kier alpha value is -1.92. The van der Waals surface area contributed by atoms with Crippen molar-refractivity contribution in [2.45, 2.75) is 51.1 Å². The van der Waals surface area contributed by atoms with Gasteiger partial charge in [-0.05, 0) is 61.8 Å². The maximum absolute atomic E-state index is 12.5. The molecule has 0 spiro atoms. The molecule has 0 radical (unpaired) electrons. The highest BCUT2D eigenvalue weighted by molar-refractivity contribution is 5.74. The third-order valence-electron chi connectivity index (χ3n) is 6.16. The van der Waals surface area contributed by atoms with Crippen LogP contribution in [-0.4, -0.2) is 18.4 Å². The molecular weight excluding hydrogens is 345 g/mol. The van der Waals surface area contributed by atoms with E-state index in [1.807, 2.05) is 0 Å². The molecule has 0 saturated heterocycles. The Morgan fingerprint density at radius 1 is 1.04 bits per heavy atom. The molecule has 0 aromatic heterocycles. The molecule has 2 amide bonds. The molecule has 2 N–H and O–H groups in total. The molecule has 5 rings (SSSR count). The predicted octanol–water partition coefficient (Wildman–Crippen LogP) is 4.21. The topological polar surface area (TPSA) is 50.4 Å². The van der Waals surface area contributed by atoms with Crippen LogP contribution in [0.25, 0.3) is 0 Å². The first kappa shape index (κ1) is 17.5. The number of carbonyl (C=O) groups excluding carboxylic acids is 1. The lowest BCUT2D eigenvalue weighted by Crippen LogP contribution is -2.57. The fourth-order valence-electron chi connectivity index (χ4n) is 5.41. The quantitative estimate of drug-likeness (QED) is 0.837. The van der Waals surface area contributed by atoms with Gasteiger partial charge in [0.15, 0.2) is 0 Å². The van der Waals surface area contributed by atoms with Crippen LogP contribution in [0.1, 0.15) is 37.7 Å². The number of alkyl halides is 3. The second kappa shape index (κ2) is 6.67. The van der Waals surface area contributed by atoms with Crippen LogP contribution < -0.4 is 15.4 Å². The van der Waals surface area contributed by atoms with Crippen LogP contribution in [0.3, 0.4) is 0 Å². The van der Waals surface area contributed by atoms with Crippen molar-refractivity contribution in [1.29, 1.82) is 0 Å². The van der Waals surface area contributed by atoms with Crippen molar-refractivity contribution in [3.8, 4) is 5.75 Å². The summed E-state index contributed by atoms with van der Waals surface area (Å²) in [6.07, 6.45) is 1.38. The molecule has 4 saturated carbocycles. The van der Waals surface area contributed by atoms with Crippen LogP contribution in [0, 0.1) is 23.7 Å². The van der Waals surface area contributed by atoms with Gasteiger partial charge < -0.3 is 15.4 Å². The van der Waals surface area contributed by atoms with Crippen LogP contribution in [-0.2, 0) is 6.54 Å². The number of benzene rings is 1. The largest absolute Gasteiger partial charge is 0.573 e. The summed E-state index contributed by atoms with van der Waals surface area (Å²) in [5.74, 6) is 2.47. The number of nitrogens with one attached hydrogen (secondary N) is 2. The molecule has 4 aliphatic carbocycles. The summed E-state index contributed by atoms with van der Waals surface area (Å²) >= 11 is 0. The van der Waals surface area contributed by atoms with Gasteiger partial charge in [-0.2, -0.15) is 0 Å². The fraction of sp³-hybridized carbons (Fsp3) is 0.632. The summed E-state index contributed by atoms with van der Waals surface area (Å²) < 4.78 is 41.4. The van der Waals surface area contributed by atoms with Crippen molar-refractivity contribution in [2.24, 2.45) is 23.7 Å². The molecule has 142 valence electrons. The van der Waals surface area contributed by atoms with E-state index in [0.717, 1.165) is 11.8 Å². The number of rotatable bonds is 4. The second-order valence-electron chi connectivity index (χ2n) is 7.94. The van der Waals surface area contributed by atoms with Gasteiger partial charge in [-0.3, -0.25) is 0 Å². The Labute approximate surface area is 150 Å². The molecule has 4 fully saturated rings. The van der Waals surface area contributed by atoms with E-state index in [0.29, 0.717) is 17.4 Å². The highest BCUT2D eigenvalue weighted by Gasteiger charge is 2.48. The molecule has 4 nitrogen and oxygen atoms in total. The molecule has 4 bridgehead atoms. The molecule has 0 heterocycles. The Balaban J connectivity index is 1.34. The minimum Gasteiger partial charge on any atom is -0.405 e. The minimum atomic E-state index is -4.75. The first-order valence-electron chi connectivity index (χ1n) is 9.25. The van der Waals surface area contributed by atoms with Crippen molar-refractivity contribution in [3.63, 3.8) is 0 Å². The van der Waals surface area contributed by atoms with E-state index in [1.54, 1.807) is 6.07 Å².